The second-order valence-corrected chi connectivity index (χ2v) is 5.05. The van der Waals surface area contributed by atoms with Gasteiger partial charge in [-0.05, 0) is 24.3 Å². The van der Waals surface area contributed by atoms with Crippen molar-refractivity contribution in [1.29, 1.82) is 0 Å². The van der Waals surface area contributed by atoms with Crippen LogP contribution >= 0.6 is 34.5 Å². The molecule has 0 saturated carbocycles. The Kier molecular flexibility index (Phi) is 3.69. The Morgan fingerprint density at radius 3 is 2.69 bits per heavy atom. The smallest absolute Gasteiger partial charge is 0.143 e. The Bertz CT molecular complexity index is 498. The third kappa shape index (κ3) is 2.88. The second kappa shape index (κ2) is 5.04. The Morgan fingerprint density at radius 2 is 2.06 bits per heavy atom. The number of benzene rings is 1. The van der Waals surface area contributed by atoms with Crippen molar-refractivity contribution in [3.05, 3.63) is 50.4 Å². The summed E-state index contributed by atoms with van der Waals surface area (Å²) in [6, 6.07) is 6.52. The molecule has 0 atom stereocenters. The molecule has 1 heterocycles. The van der Waals surface area contributed by atoms with Gasteiger partial charge in [0.15, 0.2) is 0 Å². The molecule has 0 fully saturated rings. The van der Waals surface area contributed by atoms with E-state index < -0.39 is 5.82 Å². The minimum Gasteiger partial charge on any atom is -0.380 e. The Labute approximate surface area is 107 Å². The lowest BCUT2D eigenvalue weighted by Gasteiger charge is -2.05. The maximum absolute atomic E-state index is 13.1. The molecule has 0 aliphatic heterocycles. The van der Waals surface area contributed by atoms with Crippen molar-refractivity contribution < 1.29 is 4.39 Å². The molecule has 84 valence electrons. The summed E-state index contributed by atoms with van der Waals surface area (Å²) in [6.45, 7) is 0.623. The van der Waals surface area contributed by atoms with Gasteiger partial charge in [-0.2, -0.15) is 0 Å². The first-order valence-corrected chi connectivity index (χ1v) is 6.20. The van der Waals surface area contributed by atoms with Crippen LogP contribution in [0, 0.1) is 5.82 Å². The van der Waals surface area contributed by atoms with Crippen LogP contribution in [-0.4, -0.2) is 0 Å². The van der Waals surface area contributed by atoms with E-state index in [2.05, 4.69) is 5.32 Å². The molecule has 0 spiro atoms. The standard InChI is InChI=1S/C11H8Cl2FNS/c12-7-3-9(16-6-7)5-15-8-1-2-10(13)11(14)4-8/h1-4,6,15H,5H2. The first-order chi connectivity index (χ1) is 7.65. The van der Waals surface area contributed by atoms with Crippen molar-refractivity contribution in [3.8, 4) is 0 Å². The first kappa shape index (κ1) is 11.7. The van der Waals surface area contributed by atoms with Gasteiger partial charge in [0, 0.05) is 22.5 Å². The van der Waals surface area contributed by atoms with Crippen molar-refractivity contribution in [2.24, 2.45) is 0 Å². The molecule has 2 aromatic rings. The maximum atomic E-state index is 13.1. The molecular weight excluding hydrogens is 268 g/mol. The molecule has 1 aromatic carbocycles. The molecule has 0 bridgehead atoms. The van der Waals surface area contributed by atoms with Crippen LogP contribution in [0.5, 0.6) is 0 Å². The van der Waals surface area contributed by atoms with Crippen LogP contribution in [0.15, 0.2) is 29.6 Å². The lowest BCUT2D eigenvalue weighted by molar-refractivity contribution is 0.628. The number of anilines is 1. The highest BCUT2D eigenvalue weighted by Gasteiger charge is 2.01. The third-order valence-electron chi connectivity index (χ3n) is 2.01. The van der Waals surface area contributed by atoms with Crippen LogP contribution in [-0.2, 0) is 6.54 Å². The highest BCUT2D eigenvalue weighted by atomic mass is 35.5. The quantitative estimate of drug-likeness (QED) is 0.848. The van der Waals surface area contributed by atoms with Gasteiger partial charge in [0.05, 0.1) is 10.0 Å². The molecule has 1 aromatic heterocycles. The largest absolute Gasteiger partial charge is 0.380 e. The topological polar surface area (TPSA) is 12.0 Å². The average Bonchev–Trinajstić information content (AvgIpc) is 2.66. The lowest BCUT2D eigenvalue weighted by Crippen LogP contribution is -1.97. The Balaban J connectivity index is 2.02. The summed E-state index contributed by atoms with van der Waals surface area (Å²) in [5, 5.41) is 5.81. The molecular formula is C11H8Cl2FNS. The van der Waals surface area contributed by atoms with Crippen LogP contribution in [0.3, 0.4) is 0 Å². The molecule has 2 rings (SSSR count). The minimum absolute atomic E-state index is 0.129. The van der Waals surface area contributed by atoms with E-state index in [9.17, 15) is 4.39 Å². The van der Waals surface area contributed by atoms with Gasteiger partial charge in [-0.3, -0.25) is 0 Å². The van der Waals surface area contributed by atoms with Gasteiger partial charge in [0.2, 0.25) is 0 Å². The van der Waals surface area contributed by atoms with E-state index in [1.807, 2.05) is 11.4 Å². The molecule has 1 nitrogen and oxygen atoms in total. The Morgan fingerprint density at radius 1 is 1.25 bits per heavy atom. The summed E-state index contributed by atoms with van der Waals surface area (Å²) in [5.41, 5.74) is 0.700. The van der Waals surface area contributed by atoms with Crippen LogP contribution in [0.2, 0.25) is 10.0 Å². The Hall–Kier alpha value is -0.770. The zero-order valence-corrected chi connectivity index (χ0v) is 10.5. The monoisotopic (exact) mass is 275 g/mol. The number of halogens is 3. The van der Waals surface area contributed by atoms with Crippen LogP contribution in [0.25, 0.3) is 0 Å². The second-order valence-electron chi connectivity index (χ2n) is 3.21. The van der Waals surface area contributed by atoms with Crippen molar-refractivity contribution in [2.45, 2.75) is 6.54 Å². The number of hydrogen-bond acceptors (Lipinski definition) is 2. The van der Waals surface area contributed by atoms with Crippen LogP contribution < -0.4 is 5.32 Å². The summed E-state index contributed by atoms with van der Waals surface area (Å²) in [7, 11) is 0. The maximum Gasteiger partial charge on any atom is 0.143 e. The number of thiophene rings is 1. The van der Waals surface area contributed by atoms with E-state index in [0.717, 1.165) is 9.90 Å². The molecule has 5 heteroatoms. The van der Waals surface area contributed by atoms with Gasteiger partial charge in [-0.15, -0.1) is 11.3 Å². The van der Waals surface area contributed by atoms with Gasteiger partial charge in [0.1, 0.15) is 5.82 Å². The summed E-state index contributed by atoms with van der Waals surface area (Å²) < 4.78 is 13.1. The minimum atomic E-state index is -0.420. The number of hydrogen-bond donors (Lipinski definition) is 1. The molecule has 0 aliphatic carbocycles. The SMILES string of the molecule is Fc1cc(NCc2cc(Cl)cs2)ccc1Cl. The van der Waals surface area contributed by atoms with Crippen molar-refractivity contribution in [2.75, 3.05) is 5.32 Å². The summed E-state index contributed by atoms with van der Waals surface area (Å²) in [6.07, 6.45) is 0. The predicted molar refractivity (Wildman–Crippen MR) is 68.1 cm³/mol. The number of nitrogens with one attached hydrogen (secondary N) is 1. The molecule has 0 amide bonds. The van der Waals surface area contributed by atoms with E-state index >= 15 is 0 Å². The molecule has 0 unspecified atom stereocenters. The fraction of sp³-hybridized carbons (Fsp3) is 0.0909. The fourth-order valence-corrected chi connectivity index (χ4v) is 2.37. The van der Waals surface area contributed by atoms with E-state index in [1.54, 1.807) is 17.4 Å². The normalized spacial score (nSPS) is 10.4. The summed E-state index contributed by atoms with van der Waals surface area (Å²) in [5.74, 6) is -0.420. The van der Waals surface area contributed by atoms with E-state index in [-0.39, 0.29) is 5.02 Å². The lowest BCUT2D eigenvalue weighted by atomic mass is 10.3. The van der Waals surface area contributed by atoms with Crippen molar-refractivity contribution in [1.82, 2.24) is 0 Å². The highest BCUT2D eigenvalue weighted by molar-refractivity contribution is 7.10. The fourth-order valence-electron chi connectivity index (χ4n) is 1.24. The first-order valence-electron chi connectivity index (χ1n) is 4.57. The van der Waals surface area contributed by atoms with E-state index in [1.165, 1.54) is 12.1 Å². The predicted octanol–water partition coefficient (Wildman–Crippen LogP) is 4.81. The molecule has 1 N–H and O–H groups in total. The molecule has 0 saturated heterocycles. The molecule has 16 heavy (non-hydrogen) atoms. The highest BCUT2D eigenvalue weighted by Crippen LogP contribution is 2.22. The summed E-state index contributed by atoms with van der Waals surface area (Å²) >= 11 is 12.9. The van der Waals surface area contributed by atoms with Gasteiger partial charge in [-0.25, -0.2) is 4.39 Å². The van der Waals surface area contributed by atoms with E-state index in [4.69, 9.17) is 23.2 Å². The van der Waals surface area contributed by atoms with Crippen molar-refractivity contribution in [3.63, 3.8) is 0 Å². The van der Waals surface area contributed by atoms with Gasteiger partial charge in [-0.1, -0.05) is 23.2 Å². The molecule has 0 aliphatic rings. The summed E-state index contributed by atoms with van der Waals surface area (Å²) in [4.78, 5) is 1.10. The van der Waals surface area contributed by atoms with E-state index in [0.29, 0.717) is 12.2 Å². The number of rotatable bonds is 3. The molecule has 0 radical (unpaired) electrons. The zero-order chi connectivity index (χ0) is 11.5. The van der Waals surface area contributed by atoms with Crippen LogP contribution in [0.4, 0.5) is 10.1 Å². The van der Waals surface area contributed by atoms with Gasteiger partial charge < -0.3 is 5.32 Å². The third-order valence-corrected chi connectivity index (χ3v) is 3.60. The van der Waals surface area contributed by atoms with Crippen LogP contribution in [0.1, 0.15) is 4.88 Å². The zero-order valence-electron chi connectivity index (χ0n) is 8.14. The van der Waals surface area contributed by atoms with Crippen molar-refractivity contribution >= 4 is 40.2 Å². The van der Waals surface area contributed by atoms with Gasteiger partial charge in [0.25, 0.3) is 0 Å². The average molecular weight is 276 g/mol. The van der Waals surface area contributed by atoms with Gasteiger partial charge >= 0.3 is 0 Å².